The molecule has 0 spiro atoms. The van der Waals surface area contributed by atoms with Gasteiger partial charge in [0.25, 0.3) is 0 Å². The fourth-order valence-corrected chi connectivity index (χ4v) is 0.856. The summed E-state index contributed by atoms with van der Waals surface area (Å²) in [6, 6.07) is 0. The van der Waals surface area contributed by atoms with Crippen molar-refractivity contribution < 1.29 is 19.8 Å². The predicted molar refractivity (Wildman–Crippen MR) is 47.3 cm³/mol. The minimum atomic E-state index is -1.10. The highest BCUT2D eigenvalue weighted by atomic mass is 16.4. The van der Waals surface area contributed by atoms with Crippen molar-refractivity contribution in [3.05, 3.63) is 24.3 Å². The van der Waals surface area contributed by atoms with Crippen LogP contribution >= 0.6 is 0 Å². The van der Waals surface area contributed by atoms with E-state index in [-0.39, 0.29) is 5.57 Å². The monoisotopic (exact) mass is 184 g/mol. The van der Waals surface area contributed by atoms with Crippen molar-refractivity contribution in [2.24, 2.45) is 5.92 Å². The van der Waals surface area contributed by atoms with Gasteiger partial charge >= 0.3 is 11.9 Å². The summed E-state index contributed by atoms with van der Waals surface area (Å²) in [7, 11) is 0. The van der Waals surface area contributed by atoms with E-state index in [4.69, 9.17) is 10.2 Å². The van der Waals surface area contributed by atoms with Crippen LogP contribution in [0.15, 0.2) is 24.3 Å². The number of allylic oxidation sites excluding steroid dienone is 1. The molecule has 0 radical (unpaired) electrons. The summed E-state index contributed by atoms with van der Waals surface area (Å²) < 4.78 is 0. The summed E-state index contributed by atoms with van der Waals surface area (Å²) in [6.45, 7) is 5.13. The van der Waals surface area contributed by atoms with Crippen LogP contribution in [0, 0.1) is 5.92 Å². The zero-order valence-electron chi connectivity index (χ0n) is 7.36. The summed E-state index contributed by atoms with van der Waals surface area (Å²) in [5.41, 5.74) is 0.0139. The van der Waals surface area contributed by atoms with E-state index in [1.165, 1.54) is 6.08 Å². The van der Waals surface area contributed by atoms with Gasteiger partial charge in [0.1, 0.15) is 0 Å². The molecule has 0 amide bonds. The number of aliphatic carboxylic acids is 2. The van der Waals surface area contributed by atoms with Crippen molar-refractivity contribution in [1.82, 2.24) is 0 Å². The quantitative estimate of drug-likeness (QED) is 0.631. The Hall–Kier alpha value is -1.58. The molecule has 0 rings (SSSR count). The Morgan fingerprint density at radius 3 is 2.31 bits per heavy atom. The molecule has 13 heavy (non-hydrogen) atoms. The first-order valence-corrected chi connectivity index (χ1v) is 3.82. The molecule has 0 aliphatic carbocycles. The molecule has 0 aliphatic rings. The van der Waals surface area contributed by atoms with E-state index in [0.29, 0.717) is 6.42 Å². The second-order valence-corrected chi connectivity index (χ2v) is 2.54. The highest BCUT2D eigenvalue weighted by Gasteiger charge is 2.13. The second kappa shape index (κ2) is 5.13. The molecule has 1 unspecified atom stereocenters. The number of carbonyl (C=O) groups is 2. The Labute approximate surface area is 76.2 Å². The van der Waals surface area contributed by atoms with Crippen LogP contribution in [-0.2, 0) is 9.59 Å². The number of hydrogen-bond donors (Lipinski definition) is 2. The Kier molecular flexibility index (Phi) is 4.51. The first-order valence-electron chi connectivity index (χ1n) is 3.82. The van der Waals surface area contributed by atoms with Gasteiger partial charge in [0.2, 0.25) is 0 Å². The molecule has 72 valence electrons. The standard InChI is InChI=1S/C9H12O4/c1-3-7(4-5-8(10)11)6(2)9(12)13/h4-5,7H,2-3H2,1H3,(H,10,11)(H,12,13). The van der Waals surface area contributed by atoms with E-state index < -0.39 is 17.9 Å². The molecule has 0 bridgehead atoms. The zero-order valence-corrected chi connectivity index (χ0v) is 7.36. The molecule has 0 aliphatic heterocycles. The molecule has 0 saturated heterocycles. The molecule has 2 N–H and O–H groups in total. The molecule has 4 nitrogen and oxygen atoms in total. The number of rotatable bonds is 5. The third-order valence-electron chi connectivity index (χ3n) is 1.63. The highest BCUT2D eigenvalue weighted by Crippen LogP contribution is 2.14. The van der Waals surface area contributed by atoms with Crippen molar-refractivity contribution in [3.8, 4) is 0 Å². The van der Waals surface area contributed by atoms with Crippen LogP contribution in [0.5, 0.6) is 0 Å². The van der Waals surface area contributed by atoms with Gasteiger partial charge < -0.3 is 10.2 Å². The Balaban J connectivity index is 4.43. The maximum atomic E-state index is 10.5. The van der Waals surface area contributed by atoms with Gasteiger partial charge in [-0.2, -0.15) is 0 Å². The van der Waals surface area contributed by atoms with Crippen molar-refractivity contribution in [2.75, 3.05) is 0 Å². The van der Waals surface area contributed by atoms with E-state index >= 15 is 0 Å². The predicted octanol–water partition coefficient (Wildman–Crippen LogP) is 1.29. The first-order chi connectivity index (χ1) is 5.99. The maximum Gasteiger partial charge on any atom is 0.331 e. The van der Waals surface area contributed by atoms with Crippen LogP contribution in [-0.4, -0.2) is 22.2 Å². The number of hydrogen-bond acceptors (Lipinski definition) is 2. The smallest absolute Gasteiger partial charge is 0.331 e. The van der Waals surface area contributed by atoms with Crippen LogP contribution in [0.3, 0.4) is 0 Å². The minimum absolute atomic E-state index is 0.0139. The molecule has 0 heterocycles. The van der Waals surface area contributed by atoms with Gasteiger partial charge in [0.15, 0.2) is 0 Å². The number of carboxylic acids is 2. The van der Waals surface area contributed by atoms with Crippen molar-refractivity contribution in [1.29, 1.82) is 0 Å². The van der Waals surface area contributed by atoms with E-state index in [0.717, 1.165) is 6.08 Å². The van der Waals surface area contributed by atoms with Gasteiger partial charge in [-0.1, -0.05) is 19.6 Å². The van der Waals surface area contributed by atoms with Gasteiger partial charge in [-0.05, 0) is 6.42 Å². The molecule has 4 heteroatoms. The Bertz CT molecular complexity index is 252. The van der Waals surface area contributed by atoms with Gasteiger partial charge in [-0.15, -0.1) is 0 Å². The third kappa shape index (κ3) is 4.10. The van der Waals surface area contributed by atoms with Crippen LogP contribution < -0.4 is 0 Å². The molecule has 1 atom stereocenters. The van der Waals surface area contributed by atoms with Crippen molar-refractivity contribution >= 4 is 11.9 Å². The fourth-order valence-electron chi connectivity index (χ4n) is 0.856. The lowest BCUT2D eigenvalue weighted by molar-refractivity contribution is -0.133. The molecular formula is C9H12O4. The average Bonchev–Trinajstić information content (AvgIpc) is 2.04. The highest BCUT2D eigenvalue weighted by molar-refractivity contribution is 5.87. The summed E-state index contributed by atoms with van der Waals surface area (Å²) in [5.74, 6) is -2.59. The molecule has 0 fully saturated rings. The number of carboxylic acid groups (broad SMARTS) is 2. The average molecular weight is 184 g/mol. The van der Waals surface area contributed by atoms with Crippen LogP contribution in [0.25, 0.3) is 0 Å². The Morgan fingerprint density at radius 2 is 2.00 bits per heavy atom. The Morgan fingerprint density at radius 1 is 1.46 bits per heavy atom. The normalized spacial score (nSPS) is 12.7. The fraction of sp³-hybridized carbons (Fsp3) is 0.333. The van der Waals surface area contributed by atoms with Gasteiger partial charge in [0, 0.05) is 17.6 Å². The van der Waals surface area contributed by atoms with E-state index in [9.17, 15) is 9.59 Å². The van der Waals surface area contributed by atoms with E-state index in [1.54, 1.807) is 6.92 Å². The van der Waals surface area contributed by atoms with Gasteiger partial charge in [-0.3, -0.25) is 0 Å². The molecule has 0 aromatic heterocycles. The SMILES string of the molecule is C=C(C(=O)O)C(C=CC(=O)O)CC. The van der Waals surface area contributed by atoms with Crippen molar-refractivity contribution in [2.45, 2.75) is 13.3 Å². The molecule has 0 saturated carbocycles. The summed E-state index contributed by atoms with van der Waals surface area (Å²) in [6.07, 6.45) is 2.79. The topological polar surface area (TPSA) is 74.6 Å². The summed E-state index contributed by atoms with van der Waals surface area (Å²) in [5, 5.41) is 16.9. The minimum Gasteiger partial charge on any atom is -0.478 e. The third-order valence-corrected chi connectivity index (χ3v) is 1.63. The maximum absolute atomic E-state index is 10.5. The summed E-state index contributed by atoms with van der Waals surface area (Å²) >= 11 is 0. The molecule has 0 aromatic rings. The van der Waals surface area contributed by atoms with E-state index in [1.807, 2.05) is 0 Å². The lowest BCUT2D eigenvalue weighted by atomic mass is 9.97. The second-order valence-electron chi connectivity index (χ2n) is 2.54. The molecule has 0 aromatic carbocycles. The lowest BCUT2D eigenvalue weighted by Crippen LogP contribution is -2.09. The van der Waals surface area contributed by atoms with Gasteiger partial charge in [0.05, 0.1) is 0 Å². The molecular weight excluding hydrogens is 172 g/mol. The first kappa shape index (κ1) is 11.4. The largest absolute Gasteiger partial charge is 0.478 e. The van der Waals surface area contributed by atoms with E-state index in [2.05, 4.69) is 6.58 Å². The lowest BCUT2D eigenvalue weighted by Gasteiger charge is -2.08. The van der Waals surface area contributed by atoms with Crippen LogP contribution in [0.4, 0.5) is 0 Å². The van der Waals surface area contributed by atoms with Crippen LogP contribution in [0.1, 0.15) is 13.3 Å². The van der Waals surface area contributed by atoms with Crippen molar-refractivity contribution in [3.63, 3.8) is 0 Å². The zero-order chi connectivity index (χ0) is 10.4. The van der Waals surface area contributed by atoms with Gasteiger partial charge in [-0.25, -0.2) is 9.59 Å². The van der Waals surface area contributed by atoms with Crippen LogP contribution in [0.2, 0.25) is 0 Å². The summed E-state index contributed by atoms with van der Waals surface area (Å²) in [4.78, 5) is 20.6.